The molecule has 3 aromatic carbocycles. The third-order valence-corrected chi connectivity index (χ3v) is 7.39. The Morgan fingerprint density at radius 2 is 1.53 bits per heavy atom. The van der Waals surface area contributed by atoms with Crippen molar-refractivity contribution in [1.82, 2.24) is 10.6 Å². The first-order valence-electron chi connectivity index (χ1n) is 13.2. The molecule has 0 heterocycles. The lowest BCUT2D eigenvalue weighted by Gasteiger charge is -2.37. The maximum atomic E-state index is 12.5. The minimum Gasteiger partial charge on any atom is -0.481 e. The van der Waals surface area contributed by atoms with Crippen molar-refractivity contribution in [1.29, 1.82) is 0 Å². The molecule has 1 unspecified atom stereocenters. The average Bonchev–Trinajstić information content (AvgIpc) is 2.92. The normalized spacial score (nSPS) is 15.3. The first-order valence-corrected chi connectivity index (χ1v) is 13.2. The number of carboxylic acids is 1. The van der Waals surface area contributed by atoms with Gasteiger partial charge in [-0.25, -0.2) is 4.79 Å². The number of carbonyl (C=O) groups is 3. The molecule has 1 aliphatic rings. The number of urea groups is 1. The fraction of sp³-hybridized carbons (Fsp3) is 0.323. The number of amides is 3. The van der Waals surface area contributed by atoms with Crippen molar-refractivity contribution in [3.05, 3.63) is 106 Å². The number of hydrogen-bond acceptors (Lipinski definition) is 3. The highest BCUT2D eigenvalue weighted by molar-refractivity contribution is 5.94. The standard InChI is InChI=1S/C31H35N3O4/c1-21-6-5-9-27(20-21)31(34-30(32)38,25-14-10-23(11-15-25)22-7-3-2-4-8-22)26-16-12-24(13-17-26)29(37)33-19-18-28(35)36/h5-6,9-17,20,22H,2-4,7-8,18-19H2,1H3,(H,33,37)(H,35,36)(H3,32,34,38). The predicted molar refractivity (Wildman–Crippen MR) is 147 cm³/mol. The molecule has 38 heavy (non-hydrogen) atoms. The Labute approximate surface area is 223 Å². The molecular weight excluding hydrogens is 478 g/mol. The number of aryl methyl sites for hydroxylation is 1. The van der Waals surface area contributed by atoms with E-state index in [1.165, 1.54) is 37.7 Å². The van der Waals surface area contributed by atoms with Gasteiger partial charge in [-0.05, 0) is 60.1 Å². The van der Waals surface area contributed by atoms with Gasteiger partial charge in [0.25, 0.3) is 5.91 Å². The topological polar surface area (TPSA) is 122 Å². The number of aliphatic carboxylic acids is 1. The summed E-state index contributed by atoms with van der Waals surface area (Å²) in [6.45, 7) is 2.04. The van der Waals surface area contributed by atoms with Crippen LogP contribution in [0.3, 0.4) is 0 Å². The van der Waals surface area contributed by atoms with Gasteiger partial charge < -0.3 is 21.5 Å². The summed E-state index contributed by atoms with van der Waals surface area (Å²) in [6, 6.07) is 22.7. The third kappa shape index (κ3) is 6.05. The van der Waals surface area contributed by atoms with E-state index in [4.69, 9.17) is 10.8 Å². The Morgan fingerprint density at radius 3 is 2.11 bits per heavy atom. The van der Waals surface area contributed by atoms with E-state index >= 15 is 0 Å². The fourth-order valence-corrected chi connectivity index (χ4v) is 5.48. The Bertz CT molecular complexity index is 1280. The summed E-state index contributed by atoms with van der Waals surface area (Å²) >= 11 is 0. The van der Waals surface area contributed by atoms with Gasteiger partial charge in [0, 0.05) is 12.1 Å². The van der Waals surface area contributed by atoms with Crippen LogP contribution in [0.2, 0.25) is 0 Å². The number of carbonyl (C=O) groups excluding carboxylic acids is 2. The molecule has 0 bridgehead atoms. The van der Waals surface area contributed by atoms with Crippen molar-refractivity contribution >= 4 is 17.9 Å². The van der Waals surface area contributed by atoms with E-state index in [0.717, 1.165) is 22.3 Å². The number of benzene rings is 3. The van der Waals surface area contributed by atoms with Crippen LogP contribution in [-0.2, 0) is 10.3 Å². The third-order valence-electron chi connectivity index (χ3n) is 7.39. The van der Waals surface area contributed by atoms with E-state index in [1.807, 2.05) is 31.2 Å². The highest BCUT2D eigenvalue weighted by Gasteiger charge is 2.38. The number of hydrogen-bond donors (Lipinski definition) is 4. The summed E-state index contributed by atoms with van der Waals surface area (Å²) in [5.74, 6) is -0.788. The van der Waals surface area contributed by atoms with Gasteiger partial charge in [-0.15, -0.1) is 0 Å². The minimum atomic E-state index is -1.08. The monoisotopic (exact) mass is 513 g/mol. The Hall–Kier alpha value is -4.13. The first-order chi connectivity index (χ1) is 18.3. The van der Waals surface area contributed by atoms with Crippen molar-refractivity contribution in [2.75, 3.05) is 6.54 Å². The van der Waals surface area contributed by atoms with E-state index in [0.29, 0.717) is 11.5 Å². The van der Waals surface area contributed by atoms with Crippen LogP contribution < -0.4 is 16.4 Å². The number of nitrogens with two attached hydrogens (primary N) is 1. The van der Waals surface area contributed by atoms with E-state index < -0.39 is 17.5 Å². The number of carboxylic acid groups (broad SMARTS) is 1. The van der Waals surface area contributed by atoms with Crippen LogP contribution >= 0.6 is 0 Å². The molecule has 1 saturated carbocycles. The van der Waals surface area contributed by atoms with Crippen LogP contribution in [0.15, 0.2) is 72.8 Å². The molecule has 1 atom stereocenters. The Kier molecular flexibility index (Phi) is 8.46. The zero-order valence-corrected chi connectivity index (χ0v) is 21.7. The summed E-state index contributed by atoms with van der Waals surface area (Å²) in [6.07, 6.45) is 6.02. The summed E-state index contributed by atoms with van der Waals surface area (Å²) in [5, 5.41) is 14.5. The largest absolute Gasteiger partial charge is 0.481 e. The summed E-state index contributed by atoms with van der Waals surface area (Å²) in [7, 11) is 0. The highest BCUT2D eigenvalue weighted by atomic mass is 16.4. The molecule has 0 radical (unpaired) electrons. The molecule has 0 spiro atoms. The van der Waals surface area contributed by atoms with Gasteiger partial charge in [-0.2, -0.15) is 0 Å². The molecule has 3 aromatic rings. The van der Waals surface area contributed by atoms with Crippen molar-refractivity contribution in [3.63, 3.8) is 0 Å². The zero-order chi connectivity index (χ0) is 27.1. The van der Waals surface area contributed by atoms with Crippen LogP contribution in [0.5, 0.6) is 0 Å². The van der Waals surface area contributed by atoms with Gasteiger partial charge in [0.05, 0.1) is 6.42 Å². The maximum absolute atomic E-state index is 12.5. The second kappa shape index (κ2) is 11.9. The highest BCUT2D eigenvalue weighted by Crippen LogP contribution is 2.39. The molecule has 7 heteroatoms. The smallest absolute Gasteiger partial charge is 0.313 e. The Morgan fingerprint density at radius 1 is 0.895 bits per heavy atom. The van der Waals surface area contributed by atoms with Crippen LogP contribution in [0.4, 0.5) is 4.79 Å². The van der Waals surface area contributed by atoms with E-state index in [9.17, 15) is 14.4 Å². The van der Waals surface area contributed by atoms with Crippen LogP contribution in [-0.4, -0.2) is 29.6 Å². The predicted octanol–water partition coefficient (Wildman–Crippen LogP) is 5.21. The zero-order valence-electron chi connectivity index (χ0n) is 21.7. The SMILES string of the molecule is Cc1cccc(C(NC(N)=O)(c2ccc(C(=O)NCCC(=O)O)cc2)c2ccc(C3CCCCC3)cc2)c1. The van der Waals surface area contributed by atoms with Crippen LogP contribution in [0, 0.1) is 6.92 Å². The van der Waals surface area contributed by atoms with Crippen LogP contribution in [0.25, 0.3) is 0 Å². The second-order valence-corrected chi connectivity index (χ2v) is 10.0. The van der Waals surface area contributed by atoms with Crippen molar-refractivity contribution in [2.45, 2.75) is 56.9 Å². The molecule has 1 fully saturated rings. The molecule has 1 aliphatic carbocycles. The first kappa shape index (κ1) is 26.9. The number of nitrogens with one attached hydrogen (secondary N) is 2. The van der Waals surface area contributed by atoms with Gasteiger partial charge in [0.1, 0.15) is 5.54 Å². The second-order valence-electron chi connectivity index (χ2n) is 10.0. The van der Waals surface area contributed by atoms with Gasteiger partial charge in [-0.1, -0.05) is 85.5 Å². The van der Waals surface area contributed by atoms with Crippen molar-refractivity contribution < 1.29 is 19.5 Å². The van der Waals surface area contributed by atoms with E-state index in [1.54, 1.807) is 24.3 Å². The molecule has 5 N–H and O–H groups in total. The molecule has 0 saturated heterocycles. The lowest BCUT2D eigenvalue weighted by Crippen LogP contribution is -2.50. The van der Waals surface area contributed by atoms with E-state index in [-0.39, 0.29) is 18.9 Å². The summed E-state index contributed by atoms with van der Waals surface area (Å²) in [5.41, 5.74) is 9.87. The fourth-order valence-electron chi connectivity index (χ4n) is 5.48. The average molecular weight is 514 g/mol. The molecule has 0 aliphatic heterocycles. The van der Waals surface area contributed by atoms with Crippen molar-refractivity contribution in [3.8, 4) is 0 Å². The van der Waals surface area contributed by atoms with Gasteiger partial charge >= 0.3 is 12.0 Å². The van der Waals surface area contributed by atoms with Crippen LogP contribution in [0.1, 0.15) is 82.6 Å². The van der Waals surface area contributed by atoms with E-state index in [2.05, 4.69) is 34.9 Å². The lowest BCUT2D eigenvalue weighted by atomic mass is 9.75. The maximum Gasteiger partial charge on any atom is 0.313 e. The molecule has 4 rings (SSSR count). The quantitative estimate of drug-likeness (QED) is 0.294. The molecule has 198 valence electrons. The molecule has 3 amide bonds. The number of rotatable bonds is 9. The van der Waals surface area contributed by atoms with Gasteiger partial charge in [0.15, 0.2) is 0 Å². The summed E-state index contributed by atoms with van der Waals surface area (Å²) < 4.78 is 0. The Balaban J connectivity index is 1.77. The van der Waals surface area contributed by atoms with Crippen molar-refractivity contribution in [2.24, 2.45) is 5.73 Å². The van der Waals surface area contributed by atoms with Gasteiger partial charge in [0.2, 0.25) is 0 Å². The minimum absolute atomic E-state index is 0.0414. The molecule has 0 aromatic heterocycles. The van der Waals surface area contributed by atoms with Gasteiger partial charge in [-0.3, -0.25) is 9.59 Å². The molecular formula is C31H35N3O4. The lowest BCUT2D eigenvalue weighted by molar-refractivity contribution is -0.136. The molecule has 7 nitrogen and oxygen atoms in total. The number of primary amides is 1. The summed E-state index contributed by atoms with van der Waals surface area (Å²) in [4.78, 5) is 35.8.